The highest BCUT2D eigenvalue weighted by atomic mass is 79.9. The Morgan fingerprint density at radius 1 is 1.18 bits per heavy atom. The molecular formula is C15H9BrClN3OS. The van der Waals surface area contributed by atoms with Crippen LogP contribution in [-0.2, 0) is 0 Å². The molecule has 0 atom stereocenters. The van der Waals surface area contributed by atoms with Gasteiger partial charge in [-0.25, -0.2) is 4.98 Å². The predicted octanol–water partition coefficient (Wildman–Crippen LogP) is 4.95. The monoisotopic (exact) mass is 393 g/mol. The highest BCUT2D eigenvalue weighted by Gasteiger charge is 2.16. The van der Waals surface area contributed by atoms with E-state index in [0.717, 1.165) is 15.9 Å². The fourth-order valence-corrected chi connectivity index (χ4v) is 3.19. The van der Waals surface area contributed by atoms with Crippen molar-refractivity contribution in [2.75, 3.05) is 5.43 Å². The Hall–Kier alpha value is -1.76. The molecule has 7 heteroatoms. The third-order valence-electron chi connectivity index (χ3n) is 2.80. The van der Waals surface area contributed by atoms with Crippen molar-refractivity contribution in [1.29, 1.82) is 0 Å². The van der Waals surface area contributed by atoms with Gasteiger partial charge in [-0.1, -0.05) is 23.7 Å². The number of carbonyl (C=O) groups excluding carboxylic acids is 1. The average Bonchev–Trinajstić information content (AvgIpc) is 2.97. The van der Waals surface area contributed by atoms with Crippen molar-refractivity contribution >= 4 is 65.2 Å². The van der Waals surface area contributed by atoms with Gasteiger partial charge in [0.1, 0.15) is 0 Å². The number of nitrogens with zero attached hydrogens (tertiary/aromatic N) is 2. The molecule has 110 valence electrons. The zero-order valence-corrected chi connectivity index (χ0v) is 14.2. The molecule has 0 aliphatic carbocycles. The minimum absolute atomic E-state index is 0.168. The van der Waals surface area contributed by atoms with Crippen LogP contribution in [0.2, 0.25) is 5.02 Å². The van der Waals surface area contributed by atoms with Crippen LogP contribution in [-0.4, -0.2) is 15.4 Å². The molecule has 22 heavy (non-hydrogen) atoms. The van der Waals surface area contributed by atoms with Gasteiger partial charge in [-0.2, -0.15) is 5.10 Å². The molecule has 1 N–H and O–H groups in total. The second-order valence-corrected chi connectivity index (χ2v) is 6.56. The highest BCUT2D eigenvalue weighted by Crippen LogP contribution is 2.23. The molecule has 3 rings (SSSR count). The summed E-state index contributed by atoms with van der Waals surface area (Å²) in [6.07, 6.45) is 0. The Labute approximate surface area is 144 Å². The number of benzene rings is 2. The summed E-state index contributed by atoms with van der Waals surface area (Å²) in [5.74, 6) is -0.261. The first-order valence-electron chi connectivity index (χ1n) is 6.28. The van der Waals surface area contributed by atoms with Gasteiger partial charge >= 0.3 is 0 Å². The zero-order valence-electron chi connectivity index (χ0n) is 11.1. The first-order valence-corrected chi connectivity index (χ1v) is 8.27. The van der Waals surface area contributed by atoms with Gasteiger partial charge in [0.2, 0.25) is 5.78 Å². The molecule has 0 fully saturated rings. The van der Waals surface area contributed by atoms with Crippen LogP contribution in [0.1, 0.15) is 9.80 Å². The molecular weight excluding hydrogens is 386 g/mol. The van der Waals surface area contributed by atoms with Crippen LogP contribution in [0.3, 0.4) is 0 Å². The van der Waals surface area contributed by atoms with Crippen molar-refractivity contribution in [3.8, 4) is 0 Å². The average molecular weight is 395 g/mol. The van der Waals surface area contributed by atoms with E-state index in [1.807, 2.05) is 24.3 Å². The number of Topliss-reactive ketones (excluding diaryl/α,β-unsaturated/α-hetero) is 1. The summed E-state index contributed by atoms with van der Waals surface area (Å²) in [7, 11) is 0. The van der Waals surface area contributed by atoms with Crippen molar-refractivity contribution in [3.63, 3.8) is 0 Å². The van der Waals surface area contributed by atoms with Crippen molar-refractivity contribution in [1.82, 2.24) is 4.98 Å². The van der Waals surface area contributed by atoms with Gasteiger partial charge in [-0.3, -0.25) is 10.2 Å². The van der Waals surface area contributed by atoms with E-state index >= 15 is 0 Å². The van der Waals surface area contributed by atoms with Gasteiger partial charge in [0.25, 0.3) is 0 Å². The Balaban J connectivity index is 1.78. The number of para-hydroxylation sites is 1. The molecule has 2 aromatic carbocycles. The molecule has 0 saturated carbocycles. The normalized spacial score (nSPS) is 11.6. The van der Waals surface area contributed by atoms with Crippen LogP contribution in [0.25, 0.3) is 10.2 Å². The van der Waals surface area contributed by atoms with E-state index in [-0.39, 0.29) is 10.4 Å². The molecule has 0 saturated heterocycles. The Morgan fingerprint density at radius 3 is 2.64 bits per heavy atom. The number of ketones is 1. The summed E-state index contributed by atoms with van der Waals surface area (Å²) in [5, 5.41) is 5.06. The maximum atomic E-state index is 12.3. The van der Waals surface area contributed by atoms with E-state index in [1.165, 1.54) is 11.3 Å². The van der Waals surface area contributed by atoms with Gasteiger partial charge in [0.15, 0.2) is 9.63 Å². The molecule has 0 aliphatic heterocycles. The van der Waals surface area contributed by atoms with Gasteiger partial charge in [0, 0.05) is 5.02 Å². The van der Waals surface area contributed by atoms with Crippen LogP contribution in [0, 0.1) is 0 Å². The van der Waals surface area contributed by atoms with Crippen LogP contribution >= 0.6 is 38.9 Å². The number of halogens is 2. The molecule has 3 aromatic rings. The van der Waals surface area contributed by atoms with Gasteiger partial charge in [0.05, 0.1) is 15.9 Å². The van der Waals surface area contributed by atoms with Crippen LogP contribution in [0.5, 0.6) is 0 Å². The summed E-state index contributed by atoms with van der Waals surface area (Å²) >= 11 is 10.3. The molecule has 0 unspecified atom stereocenters. The number of hydrazone groups is 1. The number of nitrogens with one attached hydrogen (secondary N) is 1. The van der Waals surface area contributed by atoms with Gasteiger partial charge < -0.3 is 0 Å². The lowest BCUT2D eigenvalue weighted by Gasteiger charge is -2.00. The van der Waals surface area contributed by atoms with Crippen LogP contribution in [0.15, 0.2) is 53.6 Å². The SMILES string of the molecule is O=C(/C(Br)=N\Nc1ccc(Cl)cc1)c1nc2ccccc2s1. The molecule has 0 radical (unpaired) electrons. The number of hydrogen-bond acceptors (Lipinski definition) is 5. The van der Waals surface area contributed by atoms with E-state index in [0.29, 0.717) is 10.0 Å². The fourth-order valence-electron chi connectivity index (χ4n) is 1.75. The molecule has 0 aliphatic rings. The minimum Gasteiger partial charge on any atom is -0.283 e. The molecule has 4 nitrogen and oxygen atoms in total. The quantitative estimate of drug-likeness (QED) is 0.387. The lowest BCUT2D eigenvalue weighted by Crippen LogP contribution is -2.09. The van der Waals surface area contributed by atoms with E-state index in [4.69, 9.17) is 11.6 Å². The number of carbonyl (C=O) groups is 1. The minimum atomic E-state index is -0.261. The van der Waals surface area contributed by atoms with Crippen molar-refractivity contribution in [2.45, 2.75) is 0 Å². The van der Waals surface area contributed by atoms with Gasteiger partial charge in [-0.05, 0) is 52.3 Å². The molecule has 0 amide bonds. The number of fused-ring (bicyclic) bond motifs is 1. The predicted molar refractivity (Wildman–Crippen MR) is 95.4 cm³/mol. The fraction of sp³-hybridized carbons (Fsp3) is 0. The molecule has 1 aromatic heterocycles. The summed E-state index contributed by atoms with van der Waals surface area (Å²) < 4.78 is 1.14. The maximum Gasteiger partial charge on any atom is 0.248 e. The molecule has 1 heterocycles. The van der Waals surface area contributed by atoms with E-state index < -0.39 is 0 Å². The largest absolute Gasteiger partial charge is 0.283 e. The Kier molecular flexibility index (Phi) is 4.52. The van der Waals surface area contributed by atoms with Crippen molar-refractivity contribution in [2.24, 2.45) is 5.10 Å². The number of hydrogen-bond donors (Lipinski definition) is 1. The summed E-state index contributed by atoms with van der Waals surface area (Å²) in [5.41, 5.74) is 4.34. The topological polar surface area (TPSA) is 54.4 Å². The van der Waals surface area contributed by atoms with E-state index in [9.17, 15) is 4.79 Å². The number of anilines is 1. The maximum absolute atomic E-state index is 12.3. The van der Waals surface area contributed by atoms with Crippen molar-refractivity contribution < 1.29 is 4.79 Å². The number of thiazole rings is 1. The van der Waals surface area contributed by atoms with E-state index in [1.54, 1.807) is 24.3 Å². The first-order chi connectivity index (χ1) is 10.6. The molecule has 0 spiro atoms. The lowest BCUT2D eigenvalue weighted by molar-refractivity contribution is 0.106. The van der Waals surface area contributed by atoms with Crippen LogP contribution < -0.4 is 5.43 Å². The first kappa shape index (κ1) is 15.1. The van der Waals surface area contributed by atoms with Crippen LogP contribution in [0.4, 0.5) is 5.69 Å². The summed E-state index contributed by atoms with van der Waals surface area (Å²) in [6, 6.07) is 14.6. The standard InChI is InChI=1S/C15H9BrClN3OS/c16-14(20-19-10-7-5-9(17)6-8-10)13(21)15-18-11-3-1-2-4-12(11)22-15/h1-8,19H/b20-14+. The van der Waals surface area contributed by atoms with Crippen molar-refractivity contribution in [3.05, 3.63) is 58.6 Å². The third kappa shape index (κ3) is 3.35. The second-order valence-electron chi connectivity index (χ2n) is 4.34. The zero-order chi connectivity index (χ0) is 15.5. The Bertz CT molecular complexity index is 828. The smallest absolute Gasteiger partial charge is 0.248 e. The number of rotatable bonds is 4. The highest BCUT2D eigenvalue weighted by molar-refractivity contribution is 9.19. The lowest BCUT2D eigenvalue weighted by atomic mass is 10.3. The van der Waals surface area contributed by atoms with E-state index in [2.05, 4.69) is 31.4 Å². The second kappa shape index (κ2) is 6.56. The summed E-state index contributed by atoms with van der Waals surface area (Å²) in [6.45, 7) is 0. The third-order valence-corrected chi connectivity index (χ3v) is 4.63. The number of aromatic nitrogens is 1. The summed E-state index contributed by atoms with van der Waals surface area (Å²) in [4.78, 5) is 16.6. The molecule has 0 bridgehead atoms. The van der Waals surface area contributed by atoms with Gasteiger partial charge in [-0.15, -0.1) is 11.3 Å². The Morgan fingerprint density at radius 2 is 1.91 bits per heavy atom.